The maximum atomic E-state index is 12.3. The maximum absolute atomic E-state index is 12.3. The lowest BCUT2D eigenvalue weighted by atomic mass is 10.1. The highest BCUT2D eigenvalue weighted by molar-refractivity contribution is 7.88. The fourth-order valence-corrected chi connectivity index (χ4v) is 2.03. The molecule has 0 spiro atoms. The minimum Gasteiger partial charge on any atom is -0.444 e. The largest absolute Gasteiger partial charge is 0.534 e. The third-order valence-corrected chi connectivity index (χ3v) is 3.56. The number of rotatable bonds is 4. The van der Waals surface area contributed by atoms with Crippen LogP contribution in [0.3, 0.4) is 0 Å². The predicted molar refractivity (Wildman–Crippen MR) is 97.3 cm³/mol. The lowest BCUT2D eigenvalue weighted by Crippen LogP contribution is -2.34. The Morgan fingerprint density at radius 1 is 1.14 bits per heavy atom. The zero-order chi connectivity index (χ0) is 23.3. The number of alkyl carbamates (subject to hydrolysis) is 1. The van der Waals surface area contributed by atoms with Crippen LogP contribution in [0.25, 0.3) is 0 Å². The molecule has 0 aliphatic rings. The van der Waals surface area contributed by atoms with E-state index < -0.39 is 49.2 Å². The molecule has 1 aromatic carbocycles. The first-order chi connectivity index (χ1) is 12.7. The van der Waals surface area contributed by atoms with Crippen LogP contribution in [0.4, 0.5) is 18.0 Å². The van der Waals surface area contributed by atoms with Gasteiger partial charge in [-0.15, -0.1) is 0 Å². The molecule has 14 heteroatoms. The molecule has 2 N–H and O–H groups in total. The minimum absolute atomic E-state index is 0.343. The summed E-state index contributed by atoms with van der Waals surface area (Å²) in [4.78, 5) is 11.7. The molecule has 168 valence electrons. The molecule has 0 radical (unpaired) electrons. The number of ether oxygens (including phenoxy) is 1. The fourth-order valence-electron chi connectivity index (χ4n) is 1.58. The number of hydrogen-bond donors (Lipinski definition) is 2. The smallest absolute Gasteiger partial charge is 0.444 e. The summed E-state index contributed by atoms with van der Waals surface area (Å²) < 4.78 is 93.9. The summed E-state index contributed by atoms with van der Waals surface area (Å²) in [5.74, 6) is -0.511. The predicted octanol–water partition coefficient (Wildman–Crippen LogP) is 3.00. The Kier molecular flexibility index (Phi) is 8.94. The molecule has 1 atom stereocenters. The van der Waals surface area contributed by atoms with Crippen molar-refractivity contribution >= 4 is 26.3 Å². The van der Waals surface area contributed by atoms with Gasteiger partial charge in [0, 0.05) is 0 Å². The first-order valence-corrected chi connectivity index (χ1v) is 11.0. The van der Waals surface area contributed by atoms with Crippen molar-refractivity contribution in [2.75, 3.05) is 6.26 Å². The van der Waals surface area contributed by atoms with Gasteiger partial charge in [0.1, 0.15) is 11.4 Å². The van der Waals surface area contributed by atoms with Crippen LogP contribution in [0.5, 0.6) is 5.75 Å². The monoisotopic (exact) mass is 465 g/mol. The van der Waals surface area contributed by atoms with Crippen LogP contribution in [0.1, 0.15) is 39.3 Å². The number of carbonyl (C=O) groups excluding carboxylic acids is 1. The van der Waals surface area contributed by atoms with Gasteiger partial charge in [0.2, 0.25) is 0 Å². The topological polar surface area (TPSA) is 136 Å². The van der Waals surface area contributed by atoms with Crippen LogP contribution in [0.15, 0.2) is 24.3 Å². The van der Waals surface area contributed by atoms with Crippen LogP contribution in [-0.2, 0) is 25.0 Å². The second kappa shape index (κ2) is 9.63. The number of nitrogens with one attached hydrogen (secondary N) is 1. The second-order valence-corrected chi connectivity index (χ2v) is 9.66. The van der Waals surface area contributed by atoms with Crippen molar-refractivity contribution in [2.45, 2.75) is 44.8 Å². The molecule has 29 heavy (non-hydrogen) atoms. The van der Waals surface area contributed by atoms with E-state index in [4.69, 9.17) is 9.29 Å². The molecule has 1 amide bonds. The fraction of sp³-hybridized carbons (Fsp3) is 0.533. The van der Waals surface area contributed by atoms with E-state index in [0.717, 1.165) is 12.1 Å². The average molecular weight is 465 g/mol. The molecule has 0 aromatic heterocycles. The van der Waals surface area contributed by atoms with E-state index in [2.05, 4.69) is 9.50 Å². The molecule has 0 aliphatic carbocycles. The molecule has 0 bridgehead atoms. The van der Waals surface area contributed by atoms with Gasteiger partial charge in [-0.2, -0.15) is 30.0 Å². The van der Waals surface area contributed by atoms with Gasteiger partial charge in [0.15, 0.2) is 0 Å². The molecule has 9 nitrogen and oxygen atoms in total. The van der Waals surface area contributed by atoms with Gasteiger partial charge in [-0.3, -0.25) is 4.55 Å². The number of amides is 1. The van der Waals surface area contributed by atoms with Crippen molar-refractivity contribution in [1.82, 2.24) is 5.32 Å². The van der Waals surface area contributed by atoms with Gasteiger partial charge in [0.05, 0.1) is 12.3 Å². The second-order valence-electron chi connectivity index (χ2n) is 6.66. The number of benzene rings is 1. The summed E-state index contributed by atoms with van der Waals surface area (Å²) in [6.45, 7) is 6.58. The third-order valence-electron chi connectivity index (χ3n) is 2.58. The summed E-state index contributed by atoms with van der Waals surface area (Å²) in [6.07, 6.45) is -0.00302. The summed E-state index contributed by atoms with van der Waals surface area (Å²) >= 11 is 0. The van der Waals surface area contributed by atoms with E-state index in [-0.39, 0.29) is 0 Å². The van der Waals surface area contributed by atoms with E-state index in [9.17, 15) is 34.8 Å². The SMILES string of the molecule is CC(NC(=O)OC(C)(C)C)c1cccc(OS(=O)(=O)C(F)(F)F)c1.CS(=O)(=O)O. The molecule has 1 unspecified atom stereocenters. The van der Waals surface area contributed by atoms with Gasteiger partial charge in [-0.25, -0.2) is 4.79 Å². The Balaban J connectivity index is 0.00000139. The van der Waals surface area contributed by atoms with Crippen molar-refractivity contribution in [3.63, 3.8) is 0 Å². The first kappa shape index (κ1) is 26.9. The molecule has 0 saturated carbocycles. The van der Waals surface area contributed by atoms with Crippen LogP contribution in [0.2, 0.25) is 0 Å². The number of carbonyl (C=O) groups is 1. The summed E-state index contributed by atoms with van der Waals surface area (Å²) in [5.41, 5.74) is -5.89. The standard InChI is InChI=1S/C14H18F3NO5S.CH4O3S/c1-9(18-12(19)22-13(2,3)4)10-6-5-7-11(8-10)23-24(20,21)14(15,16)17;1-5(2,3)4/h5-9H,1-4H3,(H,18,19);1H3,(H,2,3,4). The van der Waals surface area contributed by atoms with Crippen molar-refractivity contribution < 1.29 is 48.3 Å². The Morgan fingerprint density at radius 2 is 1.62 bits per heavy atom. The number of hydrogen-bond acceptors (Lipinski definition) is 7. The number of halogens is 3. The van der Waals surface area contributed by atoms with E-state index >= 15 is 0 Å². The normalized spacial score (nSPS) is 13.6. The van der Waals surface area contributed by atoms with Gasteiger partial charge in [-0.05, 0) is 45.4 Å². The molecule has 0 heterocycles. The van der Waals surface area contributed by atoms with Gasteiger partial charge in [-0.1, -0.05) is 12.1 Å². The quantitative estimate of drug-likeness (QED) is 0.393. The lowest BCUT2D eigenvalue weighted by molar-refractivity contribution is -0.0500. The summed E-state index contributed by atoms with van der Waals surface area (Å²) in [7, 11) is -9.42. The third kappa shape index (κ3) is 12.2. The molecule has 1 aromatic rings. The Morgan fingerprint density at radius 3 is 2.03 bits per heavy atom. The maximum Gasteiger partial charge on any atom is 0.534 e. The van der Waals surface area contributed by atoms with Crippen LogP contribution in [0, 0.1) is 0 Å². The van der Waals surface area contributed by atoms with Crippen molar-refractivity contribution in [2.24, 2.45) is 0 Å². The Bertz CT molecular complexity index is 898. The molecular formula is C15H22F3NO8S2. The number of alkyl halides is 3. The Labute approximate surface area is 167 Å². The summed E-state index contributed by atoms with van der Waals surface area (Å²) in [6, 6.07) is 4.31. The molecule has 0 saturated heterocycles. The highest BCUT2D eigenvalue weighted by Gasteiger charge is 2.48. The lowest BCUT2D eigenvalue weighted by Gasteiger charge is -2.22. The van der Waals surface area contributed by atoms with E-state index in [1.54, 1.807) is 27.7 Å². The van der Waals surface area contributed by atoms with Crippen LogP contribution >= 0.6 is 0 Å². The molecule has 0 aliphatic heterocycles. The molecule has 0 fully saturated rings. The van der Waals surface area contributed by atoms with E-state index in [0.29, 0.717) is 11.8 Å². The zero-order valence-corrected chi connectivity index (χ0v) is 17.8. The highest BCUT2D eigenvalue weighted by atomic mass is 32.2. The van der Waals surface area contributed by atoms with E-state index in [1.165, 1.54) is 12.1 Å². The molecule has 1 rings (SSSR count). The van der Waals surface area contributed by atoms with Crippen LogP contribution in [-0.4, -0.2) is 44.8 Å². The van der Waals surface area contributed by atoms with Crippen LogP contribution < -0.4 is 9.50 Å². The van der Waals surface area contributed by atoms with Crippen molar-refractivity contribution in [3.8, 4) is 5.75 Å². The summed E-state index contributed by atoms with van der Waals surface area (Å²) in [5, 5.41) is 2.48. The van der Waals surface area contributed by atoms with Gasteiger partial charge < -0.3 is 14.2 Å². The first-order valence-electron chi connectivity index (χ1n) is 7.74. The van der Waals surface area contributed by atoms with Crippen molar-refractivity contribution in [1.29, 1.82) is 0 Å². The average Bonchev–Trinajstić information content (AvgIpc) is 2.41. The molecular weight excluding hydrogens is 443 g/mol. The van der Waals surface area contributed by atoms with E-state index in [1.807, 2.05) is 0 Å². The Hall–Kier alpha value is -2.06. The van der Waals surface area contributed by atoms with Gasteiger partial charge in [0.25, 0.3) is 10.1 Å². The highest BCUT2D eigenvalue weighted by Crippen LogP contribution is 2.28. The zero-order valence-electron chi connectivity index (χ0n) is 16.1. The minimum atomic E-state index is -5.75. The van der Waals surface area contributed by atoms with Crippen molar-refractivity contribution in [3.05, 3.63) is 29.8 Å². The van der Waals surface area contributed by atoms with Gasteiger partial charge >= 0.3 is 21.7 Å².